The Kier molecular flexibility index (Phi) is 5.81. The first-order valence-corrected chi connectivity index (χ1v) is 9.58. The zero-order valence-corrected chi connectivity index (χ0v) is 15.2. The van der Waals surface area contributed by atoms with Crippen LogP contribution in [0.15, 0.2) is 53.4 Å². The van der Waals surface area contributed by atoms with Gasteiger partial charge in [0.05, 0.1) is 15.5 Å². The number of carbonyl (C=O) groups is 2. The average Bonchev–Trinajstić information content (AvgIpc) is 2.59. The molecule has 1 atom stereocenters. The fourth-order valence-electron chi connectivity index (χ4n) is 2.21. The summed E-state index contributed by atoms with van der Waals surface area (Å²) in [6.07, 6.45) is 1.04. The molecule has 2 N–H and O–H groups in total. The van der Waals surface area contributed by atoms with Gasteiger partial charge in [-0.05, 0) is 23.8 Å². The molecule has 132 valence electrons. The van der Waals surface area contributed by atoms with Crippen LogP contribution in [-0.4, -0.2) is 33.5 Å². The number of sulfone groups is 1. The first-order valence-electron chi connectivity index (χ1n) is 7.31. The summed E-state index contributed by atoms with van der Waals surface area (Å²) in [7, 11) is -2.04. The Morgan fingerprint density at radius 1 is 1.08 bits per heavy atom. The second-order valence-corrected chi connectivity index (χ2v) is 7.77. The smallest absolute Gasteiger partial charge is 0.253 e. The molecule has 8 heteroatoms. The molecule has 0 saturated carbocycles. The van der Waals surface area contributed by atoms with Crippen molar-refractivity contribution in [3.8, 4) is 0 Å². The molecule has 2 rings (SSSR count). The molecular formula is C17H17ClN2O4S. The van der Waals surface area contributed by atoms with Gasteiger partial charge in [-0.25, -0.2) is 8.42 Å². The van der Waals surface area contributed by atoms with Crippen molar-refractivity contribution in [1.29, 1.82) is 0 Å². The Morgan fingerprint density at radius 2 is 1.72 bits per heavy atom. The third-order valence-corrected chi connectivity index (χ3v) is 4.97. The van der Waals surface area contributed by atoms with Crippen molar-refractivity contribution in [3.05, 3.63) is 64.7 Å². The van der Waals surface area contributed by atoms with Gasteiger partial charge in [0, 0.05) is 13.3 Å². The number of nitrogens with one attached hydrogen (secondary N) is 2. The summed E-state index contributed by atoms with van der Waals surface area (Å²) in [6.45, 7) is 0. The van der Waals surface area contributed by atoms with E-state index in [9.17, 15) is 18.0 Å². The molecule has 0 aliphatic carbocycles. The minimum atomic E-state index is -3.50. The molecule has 2 aromatic carbocycles. The van der Waals surface area contributed by atoms with Gasteiger partial charge >= 0.3 is 0 Å². The van der Waals surface area contributed by atoms with Crippen molar-refractivity contribution >= 4 is 33.3 Å². The number of likely N-dealkylation sites (N-methyl/N-ethyl adjacent to an activating group) is 1. The van der Waals surface area contributed by atoms with Crippen LogP contribution < -0.4 is 10.6 Å². The SMILES string of the molecule is CNC(=O)C(NC(=O)c1cc(S(C)(=O)=O)ccc1Cl)c1ccccc1. The fraction of sp³-hybridized carbons (Fsp3) is 0.176. The Hall–Kier alpha value is -2.38. The monoisotopic (exact) mass is 380 g/mol. The molecule has 0 bridgehead atoms. The third-order valence-electron chi connectivity index (χ3n) is 3.53. The number of benzene rings is 2. The Bertz CT molecular complexity index is 898. The van der Waals surface area contributed by atoms with Crippen molar-refractivity contribution < 1.29 is 18.0 Å². The molecule has 0 radical (unpaired) electrons. The number of rotatable bonds is 5. The van der Waals surface area contributed by atoms with Crippen LogP contribution in [0.2, 0.25) is 5.02 Å². The van der Waals surface area contributed by atoms with Crippen LogP contribution in [0.3, 0.4) is 0 Å². The van der Waals surface area contributed by atoms with E-state index in [1.54, 1.807) is 30.3 Å². The summed E-state index contributed by atoms with van der Waals surface area (Å²) in [4.78, 5) is 24.7. The van der Waals surface area contributed by atoms with Gasteiger partial charge < -0.3 is 10.6 Å². The highest BCUT2D eigenvalue weighted by Crippen LogP contribution is 2.22. The van der Waals surface area contributed by atoms with Crippen LogP contribution in [0.25, 0.3) is 0 Å². The molecule has 1 unspecified atom stereocenters. The first-order chi connectivity index (χ1) is 11.7. The normalized spacial score (nSPS) is 12.3. The van der Waals surface area contributed by atoms with E-state index in [-0.39, 0.29) is 15.5 Å². The molecule has 2 aromatic rings. The van der Waals surface area contributed by atoms with E-state index in [2.05, 4.69) is 10.6 Å². The number of hydrogen-bond acceptors (Lipinski definition) is 4. The molecule has 6 nitrogen and oxygen atoms in total. The van der Waals surface area contributed by atoms with Crippen molar-refractivity contribution in [1.82, 2.24) is 10.6 Å². The van der Waals surface area contributed by atoms with Crippen LogP contribution in [0.5, 0.6) is 0 Å². The van der Waals surface area contributed by atoms with Gasteiger partial charge in [-0.2, -0.15) is 0 Å². The van der Waals surface area contributed by atoms with Crippen molar-refractivity contribution in [2.45, 2.75) is 10.9 Å². The van der Waals surface area contributed by atoms with Gasteiger partial charge in [0.15, 0.2) is 9.84 Å². The van der Waals surface area contributed by atoms with Crippen molar-refractivity contribution in [2.24, 2.45) is 0 Å². The Labute approximate surface area is 151 Å². The molecule has 2 amide bonds. The maximum absolute atomic E-state index is 12.6. The second kappa shape index (κ2) is 7.67. The molecule has 0 fully saturated rings. The van der Waals surface area contributed by atoms with Crippen molar-refractivity contribution in [2.75, 3.05) is 13.3 Å². The molecule has 0 aliphatic heterocycles. The van der Waals surface area contributed by atoms with E-state index in [1.807, 2.05) is 0 Å². The largest absolute Gasteiger partial charge is 0.357 e. The van der Waals surface area contributed by atoms with Gasteiger partial charge in [0.25, 0.3) is 5.91 Å². The fourth-order valence-corrected chi connectivity index (χ4v) is 3.06. The number of carbonyl (C=O) groups excluding carboxylic acids is 2. The summed E-state index contributed by atoms with van der Waals surface area (Å²) in [5.41, 5.74) is 0.569. The lowest BCUT2D eigenvalue weighted by Crippen LogP contribution is -2.39. The first kappa shape index (κ1) is 19.0. The maximum Gasteiger partial charge on any atom is 0.253 e. The molecule has 0 aliphatic rings. The lowest BCUT2D eigenvalue weighted by molar-refractivity contribution is -0.122. The molecule has 0 aromatic heterocycles. The third kappa shape index (κ3) is 4.58. The minimum absolute atomic E-state index is 0.0191. The number of halogens is 1. The molecule has 25 heavy (non-hydrogen) atoms. The van der Waals surface area contributed by atoms with Crippen LogP contribution in [0, 0.1) is 0 Å². The van der Waals surface area contributed by atoms with Crippen LogP contribution in [0.4, 0.5) is 0 Å². The van der Waals surface area contributed by atoms with E-state index < -0.39 is 27.7 Å². The summed E-state index contributed by atoms with van der Waals surface area (Å²) in [5.74, 6) is -1.05. The van der Waals surface area contributed by atoms with Crippen LogP contribution in [0.1, 0.15) is 22.0 Å². The average molecular weight is 381 g/mol. The Balaban J connectivity index is 2.38. The summed E-state index contributed by atoms with van der Waals surface area (Å²) in [6, 6.07) is 11.6. The standard InChI is InChI=1S/C17H17ClN2O4S/c1-19-17(22)15(11-6-4-3-5-7-11)20-16(21)13-10-12(25(2,23)24)8-9-14(13)18/h3-10,15H,1-2H3,(H,19,22)(H,20,21). The van der Waals surface area contributed by atoms with E-state index >= 15 is 0 Å². The predicted octanol–water partition coefficient (Wildman–Crippen LogP) is 1.96. The van der Waals surface area contributed by atoms with Crippen LogP contribution in [-0.2, 0) is 14.6 Å². The second-order valence-electron chi connectivity index (χ2n) is 5.35. The predicted molar refractivity (Wildman–Crippen MR) is 95.3 cm³/mol. The summed E-state index contributed by atoms with van der Waals surface area (Å²) >= 11 is 6.03. The molecular weight excluding hydrogens is 364 g/mol. The van der Waals surface area contributed by atoms with Crippen molar-refractivity contribution in [3.63, 3.8) is 0 Å². The minimum Gasteiger partial charge on any atom is -0.357 e. The van der Waals surface area contributed by atoms with Gasteiger partial charge in [-0.3, -0.25) is 9.59 Å². The van der Waals surface area contributed by atoms with Gasteiger partial charge in [0.2, 0.25) is 5.91 Å². The number of amides is 2. The highest BCUT2D eigenvalue weighted by molar-refractivity contribution is 7.90. The lowest BCUT2D eigenvalue weighted by atomic mass is 10.1. The topological polar surface area (TPSA) is 92.3 Å². The van der Waals surface area contributed by atoms with Gasteiger partial charge in [0.1, 0.15) is 6.04 Å². The molecule has 0 saturated heterocycles. The van der Waals surface area contributed by atoms with E-state index in [1.165, 1.54) is 25.2 Å². The lowest BCUT2D eigenvalue weighted by Gasteiger charge is -2.18. The van der Waals surface area contributed by atoms with Gasteiger partial charge in [-0.15, -0.1) is 0 Å². The van der Waals surface area contributed by atoms with E-state index in [0.29, 0.717) is 5.56 Å². The summed E-state index contributed by atoms with van der Waals surface area (Å²) < 4.78 is 23.4. The van der Waals surface area contributed by atoms with E-state index in [4.69, 9.17) is 11.6 Å². The highest BCUT2D eigenvalue weighted by Gasteiger charge is 2.24. The number of hydrogen-bond donors (Lipinski definition) is 2. The Morgan fingerprint density at radius 3 is 2.28 bits per heavy atom. The highest BCUT2D eigenvalue weighted by atomic mass is 35.5. The summed E-state index contributed by atoms with van der Waals surface area (Å²) in [5, 5.41) is 5.17. The molecule has 0 spiro atoms. The zero-order valence-electron chi connectivity index (χ0n) is 13.6. The van der Waals surface area contributed by atoms with E-state index in [0.717, 1.165) is 6.26 Å². The van der Waals surface area contributed by atoms with Crippen LogP contribution >= 0.6 is 11.6 Å². The maximum atomic E-state index is 12.6. The quantitative estimate of drug-likeness (QED) is 0.829. The zero-order chi connectivity index (χ0) is 18.6. The van der Waals surface area contributed by atoms with Gasteiger partial charge in [-0.1, -0.05) is 41.9 Å². The molecule has 0 heterocycles.